The van der Waals surface area contributed by atoms with Crippen molar-refractivity contribution in [2.45, 2.75) is 13.0 Å². The van der Waals surface area contributed by atoms with Crippen molar-refractivity contribution in [3.63, 3.8) is 0 Å². The third-order valence-electron chi connectivity index (χ3n) is 3.81. The van der Waals surface area contributed by atoms with E-state index >= 15 is 0 Å². The molecular formula is C21H17N3O2. The first-order chi connectivity index (χ1) is 12.8. The number of hydrazone groups is 1. The Morgan fingerprint density at radius 3 is 2.73 bits per heavy atom. The highest BCUT2D eigenvalue weighted by molar-refractivity contribution is 5.86. The monoisotopic (exact) mass is 343 g/mol. The number of amides is 1. The van der Waals surface area contributed by atoms with Crippen molar-refractivity contribution in [2.24, 2.45) is 5.10 Å². The molecule has 3 rings (SSSR count). The van der Waals surface area contributed by atoms with Gasteiger partial charge in [-0.1, -0.05) is 54.6 Å². The number of hydrogen-bond donors (Lipinski definition) is 1. The minimum absolute atomic E-state index is 0.226. The van der Waals surface area contributed by atoms with Crippen LogP contribution in [0, 0.1) is 11.3 Å². The number of hydrogen-bond acceptors (Lipinski definition) is 4. The quantitative estimate of drug-likeness (QED) is 0.547. The molecule has 26 heavy (non-hydrogen) atoms. The van der Waals surface area contributed by atoms with E-state index in [9.17, 15) is 4.79 Å². The summed E-state index contributed by atoms with van der Waals surface area (Å²) in [6.45, 7) is 0.424. The van der Waals surface area contributed by atoms with Gasteiger partial charge in [0.2, 0.25) is 0 Å². The summed E-state index contributed by atoms with van der Waals surface area (Å²) in [7, 11) is 0. The summed E-state index contributed by atoms with van der Waals surface area (Å²) in [5, 5.41) is 14.7. The number of nitrogens with one attached hydrogen (secondary N) is 1. The lowest BCUT2D eigenvalue weighted by Gasteiger charge is -2.11. The highest BCUT2D eigenvalue weighted by Crippen LogP contribution is 2.22. The van der Waals surface area contributed by atoms with E-state index < -0.39 is 5.91 Å². The van der Waals surface area contributed by atoms with Crippen molar-refractivity contribution in [3.8, 4) is 11.8 Å². The van der Waals surface area contributed by atoms with Gasteiger partial charge in [-0.05, 0) is 28.5 Å². The van der Waals surface area contributed by atoms with Gasteiger partial charge in [0.1, 0.15) is 18.8 Å². The molecular weight excluding hydrogens is 326 g/mol. The molecule has 0 heterocycles. The van der Waals surface area contributed by atoms with Gasteiger partial charge in [-0.15, -0.1) is 0 Å². The average molecular weight is 343 g/mol. The first kappa shape index (κ1) is 17.2. The van der Waals surface area contributed by atoms with Gasteiger partial charge in [0.05, 0.1) is 12.3 Å². The molecule has 0 bridgehead atoms. The van der Waals surface area contributed by atoms with Gasteiger partial charge >= 0.3 is 0 Å². The SMILES string of the molecule is N#CCC(=O)N/N=C\c1ccccc1OCc1cccc2ccccc12. The fourth-order valence-electron chi connectivity index (χ4n) is 2.58. The molecule has 128 valence electrons. The van der Waals surface area contributed by atoms with Gasteiger partial charge in [0.25, 0.3) is 5.91 Å². The van der Waals surface area contributed by atoms with Crippen molar-refractivity contribution < 1.29 is 9.53 Å². The molecule has 5 nitrogen and oxygen atoms in total. The van der Waals surface area contributed by atoms with Crippen LogP contribution >= 0.6 is 0 Å². The second-order valence-electron chi connectivity index (χ2n) is 5.59. The van der Waals surface area contributed by atoms with Gasteiger partial charge in [0, 0.05) is 5.56 Å². The van der Waals surface area contributed by atoms with Gasteiger partial charge in [-0.2, -0.15) is 10.4 Å². The third-order valence-corrected chi connectivity index (χ3v) is 3.81. The van der Waals surface area contributed by atoms with Gasteiger partial charge < -0.3 is 4.74 Å². The number of nitrogens with zero attached hydrogens (tertiary/aromatic N) is 2. The van der Waals surface area contributed by atoms with Crippen molar-refractivity contribution in [1.82, 2.24) is 5.43 Å². The van der Waals surface area contributed by atoms with E-state index in [0.29, 0.717) is 12.4 Å². The van der Waals surface area contributed by atoms with Crippen molar-refractivity contribution in [3.05, 3.63) is 77.9 Å². The Balaban J connectivity index is 1.73. The van der Waals surface area contributed by atoms with Crippen LogP contribution in [0.1, 0.15) is 17.5 Å². The molecule has 0 saturated heterocycles. The molecule has 0 radical (unpaired) electrons. The Bertz CT molecular complexity index is 984. The number of fused-ring (bicyclic) bond motifs is 1. The molecule has 0 saturated carbocycles. The molecule has 5 heteroatoms. The van der Waals surface area contributed by atoms with E-state index in [2.05, 4.69) is 28.7 Å². The smallest absolute Gasteiger partial charge is 0.254 e. The molecule has 1 N–H and O–H groups in total. The van der Waals surface area contributed by atoms with Crippen molar-refractivity contribution >= 4 is 22.9 Å². The first-order valence-electron chi connectivity index (χ1n) is 8.15. The molecule has 0 aliphatic heterocycles. The summed E-state index contributed by atoms with van der Waals surface area (Å²) >= 11 is 0. The number of rotatable bonds is 6. The van der Waals surface area contributed by atoms with Crippen LogP contribution in [0.2, 0.25) is 0 Å². The number of ether oxygens (including phenoxy) is 1. The van der Waals surface area contributed by atoms with E-state index in [-0.39, 0.29) is 6.42 Å². The topological polar surface area (TPSA) is 74.5 Å². The minimum atomic E-state index is -0.446. The maximum absolute atomic E-state index is 11.3. The Morgan fingerprint density at radius 2 is 1.85 bits per heavy atom. The Labute approximate surface area is 151 Å². The molecule has 0 aromatic heterocycles. The minimum Gasteiger partial charge on any atom is -0.488 e. The van der Waals surface area contributed by atoms with Crippen LogP contribution in [0.15, 0.2) is 71.8 Å². The van der Waals surface area contributed by atoms with Crippen LogP contribution in [0.25, 0.3) is 10.8 Å². The zero-order chi connectivity index (χ0) is 18.2. The maximum Gasteiger partial charge on any atom is 0.254 e. The lowest BCUT2D eigenvalue weighted by molar-refractivity contribution is -0.120. The predicted molar refractivity (Wildman–Crippen MR) is 101 cm³/mol. The molecule has 3 aromatic carbocycles. The summed E-state index contributed by atoms with van der Waals surface area (Å²) < 4.78 is 5.98. The van der Waals surface area contributed by atoms with E-state index in [1.54, 1.807) is 6.07 Å². The van der Waals surface area contributed by atoms with Crippen molar-refractivity contribution in [1.29, 1.82) is 5.26 Å². The summed E-state index contributed by atoms with van der Waals surface area (Å²) in [6.07, 6.45) is 1.28. The fourth-order valence-corrected chi connectivity index (χ4v) is 2.58. The molecule has 0 aliphatic rings. The van der Waals surface area contributed by atoms with E-state index in [4.69, 9.17) is 10.00 Å². The van der Waals surface area contributed by atoms with Crippen LogP contribution in [0.4, 0.5) is 0 Å². The Kier molecular flexibility index (Phi) is 5.58. The summed E-state index contributed by atoms with van der Waals surface area (Å²) in [4.78, 5) is 11.3. The van der Waals surface area contributed by atoms with Crippen LogP contribution in [0.5, 0.6) is 5.75 Å². The largest absolute Gasteiger partial charge is 0.488 e. The number of benzene rings is 3. The van der Waals surface area contributed by atoms with Gasteiger partial charge in [0.15, 0.2) is 0 Å². The lowest BCUT2D eigenvalue weighted by Crippen LogP contribution is -2.16. The Hall–Kier alpha value is -3.65. The van der Waals surface area contributed by atoms with E-state index in [1.165, 1.54) is 11.6 Å². The van der Waals surface area contributed by atoms with Crippen LogP contribution in [-0.4, -0.2) is 12.1 Å². The average Bonchev–Trinajstić information content (AvgIpc) is 2.67. The lowest BCUT2D eigenvalue weighted by atomic mass is 10.1. The number of carbonyl (C=O) groups excluding carboxylic acids is 1. The summed E-state index contributed by atoms with van der Waals surface area (Å²) in [5.41, 5.74) is 4.15. The highest BCUT2D eigenvalue weighted by atomic mass is 16.5. The maximum atomic E-state index is 11.3. The highest BCUT2D eigenvalue weighted by Gasteiger charge is 2.05. The molecule has 0 spiro atoms. The van der Waals surface area contributed by atoms with E-state index in [1.807, 2.05) is 48.5 Å². The molecule has 0 atom stereocenters. The second-order valence-corrected chi connectivity index (χ2v) is 5.59. The zero-order valence-corrected chi connectivity index (χ0v) is 14.1. The van der Waals surface area contributed by atoms with Crippen LogP contribution in [-0.2, 0) is 11.4 Å². The summed E-state index contributed by atoms with van der Waals surface area (Å²) in [5.74, 6) is 0.219. The predicted octanol–water partition coefficient (Wildman–Crippen LogP) is 3.78. The third kappa shape index (κ3) is 4.25. The summed E-state index contributed by atoms with van der Waals surface area (Å²) in [6, 6.07) is 23.5. The van der Waals surface area contributed by atoms with E-state index in [0.717, 1.165) is 16.5 Å². The number of carbonyl (C=O) groups is 1. The zero-order valence-electron chi connectivity index (χ0n) is 14.1. The van der Waals surface area contributed by atoms with Gasteiger partial charge in [-0.25, -0.2) is 5.43 Å². The van der Waals surface area contributed by atoms with Gasteiger partial charge in [-0.3, -0.25) is 4.79 Å². The molecule has 0 fully saturated rings. The Morgan fingerprint density at radius 1 is 1.08 bits per heavy atom. The molecule has 0 aliphatic carbocycles. The number of nitriles is 1. The van der Waals surface area contributed by atoms with Crippen LogP contribution < -0.4 is 10.2 Å². The van der Waals surface area contributed by atoms with Crippen molar-refractivity contribution in [2.75, 3.05) is 0 Å². The molecule has 3 aromatic rings. The standard InChI is InChI=1S/C21H17N3O2/c22-13-12-21(25)24-23-14-17-7-2-4-11-20(17)26-15-18-9-5-8-16-6-1-3-10-19(16)18/h1-11,14H,12,15H2,(H,24,25)/b23-14-. The first-order valence-corrected chi connectivity index (χ1v) is 8.15. The molecule has 1 amide bonds. The fraction of sp³-hybridized carbons (Fsp3) is 0.0952. The second kappa shape index (κ2) is 8.45. The normalized spacial score (nSPS) is 10.6. The number of para-hydroxylation sites is 1. The molecule has 0 unspecified atom stereocenters. The van der Waals surface area contributed by atoms with Crippen LogP contribution in [0.3, 0.4) is 0 Å².